The van der Waals surface area contributed by atoms with Gasteiger partial charge in [0, 0.05) is 13.5 Å². The Balaban J connectivity index is 2.25. The number of nitrogens with one attached hydrogen (secondary N) is 1. The summed E-state index contributed by atoms with van der Waals surface area (Å²) in [5.41, 5.74) is 0. The number of carbonyl (C=O) groups is 2. The summed E-state index contributed by atoms with van der Waals surface area (Å²) in [6, 6.07) is 0. The predicted octanol–water partition coefficient (Wildman–Crippen LogP) is -0.356. The summed E-state index contributed by atoms with van der Waals surface area (Å²) in [6.45, 7) is 4.07. The van der Waals surface area contributed by atoms with Crippen molar-refractivity contribution in [2.45, 2.75) is 19.8 Å². The van der Waals surface area contributed by atoms with Gasteiger partial charge in [0.15, 0.2) is 0 Å². The van der Waals surface area contributed by atoms with Crippen LogP contribution in [-0.2, 0) is 9.59 Å². The first-order valence-electron chi connectivity index (χ1n) is 4.99. The molecule has 1 amide bonds. The van der Waals surface area contributed by atoms with Crippen LogP contribution in [0.25, 0.3) is 0 Å². The van der Waals surface area contributed by atoms with E-state index in [0.717, 1.165) is 38.7 Å². The van der Waals surface area contributed by atoms with Crippen LogP contribution in [-0.4, -0.2) is 44.0 Å². The fourth-order valence-electron chi connectivity index (χ4n) is 1.77. The third-order valence-electron chi connectivity index (χ3n) is 2.46. The molecule has 1 saturated heterocycles. The van der Waals surface area contributed by atoms with Crippen molar-refractivity contribution in [2.75, 3.05) is 19.6 Å². The van der Waals surface area contributed by atoms with Crippen molar-refractivity contribution < 1.29 is 9.59 Å². The van der Waals surface area contributed by atoms with Crippen LogP contribution >= 0.6 is 0 Å². The molecule has 0 aromatic heterocycles. The lowest BCUT2D eigenvalue weighted by Crippen LogP contribution is -2.42. The number of rotatable bonds is 4. The second kappa shape index (κ2) is 5.80. The van der Waals surface area contributed by atoms with Crippen LogP contribution in [0.2, 0.25) is 0 Å². The molecule has 1 fully saturated rings. The Kier molecular flexibility index (Phi) is 4.66. The molecule has 0 spiro atoms. The molecule has 1 aliphatic rings. The van der Waals surface area contributed by atoms with E-state index in [4.69, 9.17) is 0 Å². The maximum absolute atomic E-state index is 10.7. The lowest BCUT2D eigenvalue weighted by atomic mass is 9.87. The fourth-order valence-corrected chi connectivity index (χ4v) is 1.77. The molecular weight excluding hydrogens is 179 g/mol. The van der Waals surface area contributed by atoms with Gasteiger partial charge in [0.1, 0.15) is 0 Å². The first kappa shape index (κ1) is 11.2. The van der Waals surface area contributed by atoms with Gasteiger partial charge in [0.25, 0.3) is 7.41 Å². The van der Waals surface area contributed by atoms with E-state index in [1.807, 2.05) is 4.81 Å². The Morgan fingerprint density at radius 2 is 2.50 bits per heavy atom. The quantitative estimate of drug-likeness (QED) is 0.492. The molecular formula is C9H16BN2O2. The highest BCUT2D eigenvalue weighted by Gasteiger charge is 2.19. The molecule has 0 unspecified atom stereocenters. The molecule has 0 saturated carbocycles. The monoisotopic (exact) mass is 195 g/mol. The first-order valence-corrected chi connectivity index (χ1v) is 4.99. The average Bonchev–Trinajstić information content (AvgIpc) is 2.16. The summed E-state index contributed by atoms with van der Waals surface area (Å²) in [7, 11) is 1.58. The van der Waals surface area contributed by atoms with Gasteiger partial charge in [-0.1, -0.05) is 0 Å². The van der Waals surface area contributed by atoms with Crippen LogP contribution in [0.15, 0.2) is 0 Å². The van der Waals surface area contributed by atoms with Gasteiger partial charge in [-0.05, 0) is 31.8 Å². The SMILES string of the molecule is CC(=O)NC[C@@H]1CCCN([B]C=O)C1. The summed E-state index contributed by atoms with van der Waals surface area (Å²) in [4.78, 5) is 23.0. The Hall–Kier alpha value is -0.835. The molecule has 1 rings (SSSR count). The third-order valence-corrected chi connectivity index (χ3v) is 2.46. The molecule has 1 aliphatic heterocycles. The molecule has 4 nitrogen and oxygen atoms in total. The van der Waals surface area contributed by atoms with Crippen molar-refractivity contribution in [3.8, 4) is 0 Å². The molecule has 5 heteroatoms. The molecule has 1 atom stereocenters. The number of nitrogens with zero attached hydrogens (tertiary/aromatic N) is 1. The minimum atomic E-state index is 0.0153. The lowest BCUT2D eigenvalue weighted by molar-refractivity contribution is -0.119. The number of hydrogen-bond acceptors (Lipinski definition) is 3. The molecule has 0 bridgehead atoms. The van der Waals surface area contributed by atoms with E-state index >= 15 is 0 Å². The number of amides is 1. The molecule has 0 aliphatic carbocycles. The zero-order valence-electron chi connectivity index (χ0n) is 8.53. The van der Waals surface area contributed by atoms with Gasteiger partial charge in [-0.25, -0.2) is 0 Å². The van der Waals surface area contributed by atoms with Gasteiger partial charge < -0.3 is 14.9 Å². The van der Waals surface area contributed by atoms with Crippen molar-refractivity contribution in [2.24, 2.45) is 5.92 Å². The smallest absolute Gasteiger partial charge is 0.293 e. The molecule has 77 valence electrons. The highest BCUT2D eigenvalue weighted by Crippen LogP contribution is 2.14. The standard InChI is InChI=1S/C9H16BN2O2/c1-8(14)11-5-9-3-2-4-12(6-9)10-7-13/h7,9H,2-6H2,1H3,(H,11,14)/t9-/m0/s1. The highest BCUT2D eigenvalue weighted by molar-refractivity contribution is 6.64. The first-order chi connectivity index (χ1) is 6.72. The molecule has 0 aromatic carbocycles. The largest absolute Gasteiger partial charge is 0.356 e. The van der Waals surface area contributed by atoms with Crippen LogP contribution in [0.3, 0.4) is 0 Å². The maximum Gasteiger partial charge on any atom is 0.293 e. The second-order valence-corrected chi connectivity index (χ2v) is 3.73. The van der Waals surface area contributed by atoms with Crippen LogP contribution in [0.5, 0.6) is 0 Å². The van der Waals surface area contributed by atoms with Crippen molar-refractivity contribution in [3.63, 3.8) is 0 Å². The summed E-state index contributed by atoms with van der Waals surface area (Å²) in [6.07, 6.45) is 3.04. The van der Waals surface area contributed by atoms with E-state index < -0.39 is 0 Å². The van der Waals surface area contributed by atoms with E-state index in [1.165, 1.54) is 6.92 Å². The fraction of sp³-hybridized carbons (Fsp3) is 0.778. The summed E-state index contributed by atoms with van der Waals surface area (Å²) < 4.78 is 0. The maximum atomic E-state index is 10.7. The van der Waals surface area contributed by atoms with Gasteiger partial charge in [-0.2, -0.15) is 0 Å². The van der Waals surface area contributed by atoms with Crippen LogP contribution in [0.1, 0.15) is 19.8 Å². The lowest BCUT2D eigenvalue weighted by Gasteiger charge is -2.31. The zero-order chi connectivity index (χ0) is 10.4. The van der Waals surface area contributed by atoms with E-state index in [9.17, 15) is 9.59 Å². The predicted molar refractivity (Wildman–Crippen MR) is 55.5 cm³/mol. The summed E-state index contributed by atoms with van der Waals surface area (Å²) in [5, 5.41) is 2.81. The Bertz CT molecular complexity index is 211. The summed E-state index contributed by atoms with van der Waals surface area (Å²) >= 11 is 0. The second-order valence-electron chi connectivity index (χ2n) is 3.73. The minimum Gasteiger partial charge on any atom is -0.356 e. The van der Waals surface area contributed by atoms with Crippen molar-refractivity contribution in [1.82, 2.24) is 10.1 Å². The number of carbonyl (C=O) groups excluding carboxylic acids is 2. The van der Waals surface area contributed by atoms with Crippen molar-refractivity contribution in [1.29, 1.82) is 0 Å². The number of hydrogen-bond donors (Lipinski definition) is 1. The van der Waals surface area contributed by atoms with Crippen LogP contribution in [0, 0.1) is 5.92 Å². The van der Waals surface area contributed by atoms with Gasteiger partial charge in [-0.15, -0.1) is 0 Å². The molecule has 1 heterocycles. The number of piperidine rings is 1. The third kappa shape index (κ3) is 3.92. The van der Waals surface area contributed by atoms with E-state index in [1.54, 1.807) is 7.41 Å². The van der Waals surface area contributed by atoms with Gasteiger partial charge in [0.2, 0.25) is 5.91 Å². The van der Waals surface area contributed by atoms with Crippen LogP contribution in [0.4, 0.5) is 0 Å². The Morgan fingerprint density at radius 3 is 3.14 bits per heavy atom. The molecule has 14 heavy (non-hydrogen) atoms. The normalized spacial score (nSPS) is 22.8. The van der Waals surface area contributed by atoms with E-state index in [2.05, 4.69) is 5.32 Å². The van der Waals surface area contributed by atoms with Crippen molar-refractivity contribution >= 4 is 19.5 Å². The van der Waals surface area contributed by atoms with E-state index in [0.29, 0.717) is 5.92 Å². The van der Waals surface area contributed by atoms with Gasteiger partial charge in [-0.3, -0.25) is 4.79 Å². The Labute approximate surface area is 85.3 Å². The topological polar surface area (TPSA) is 49.4 Å². The molecule has 1 N–H and O–H groups in total. The van der Waals surface area contributed by atoms with Gasteiger partial charge >= 0.3 is 0 Å². The minimum absolute atomic E-state index is 0.0153. The molecule has 1 radical (unpaired) electrons. The molecule has 0 aromatic rings. The average molecular weight is 195 g/mol. The van der Waals surface area contributed by atoms with E-state index in [-0.39, 0.29) is 5.91 Å². The Morgan fingerprint density at radius 1 is 1.71 bits per heavy atom. The summed E-state index contributed by atoms with van der Waals surface area (Å²) in [5.74, 6) is 0.491. The van der Waals surface area contributed by atoms with Crippen molar-refractivity contribution in [3.05, 3.63) is 0 Å². The highest BCUT2D eigenvalue weighted by atomic mass is 16.1. The zero-order valence-corrected chi connectivity index (χ0v) is 8.53. The van der Waals surface area contributed by atoms with Gasteiger partial charge in [0.05, 0.1) is 6.19 Å². The van der Waals surface area contributed by atoms with Crippen LogP contribution < -0.4 is 5.32 Å².